The largest absolute Gasteiger partial charge is 0.416 e. The van der Waals surface area contributed by atoms with Crippen LogP contribution in [0.5, 0.6) is 5.75 Å². The van der Waals surface area contributed by atoms with Gasteiger partial charge in [-0.15, -0.1) is 0 Å². The second-order valence-electron chi connectivity index (χ2n) is 10.0. The van der Waals surface area contributed by atoms with E-state index in [9.17, 15) is 26.4 Å². The number of carbonyl (C=O) groups excluding carboxylic acids is 1. The van der Waals surface area contributed by atoms with Crippen molar-refractivity contribution in [3.63, 3.8) is 0 Å². The molecule has 2 aliphatic rings. The molecule has 0 spiro atoms. The van der Waals surface area contributed by atoms with E-state index >= 15 is 0 Å². The van der Waals surface area contributed by atoms with E-state index in [0.29, 0.717) is 43.6 Å². The van der Waals surface area contributed by atoms with Crippen LogP contribution in [0.15, 0.2) is 47.4 Å². The van der Waals surface area contributed by atoms with Crippen molar-refractivity contribution in [1.82, 2.24) is 4.90 Å². The van der Waals surface area contributed by atoms with E-state index in [0.717, 1.165) is 50.3 Å². The summed E-state index contributed by atoms with van der Waals surface area (Å²) in [7, 11) is -4.61. The number of benzene rings is 2. The number of ether oxygens (including phenoxy) is 1. The maximum atomic E-state index is 13.3. The predicted octanol–water partition coefficient (Wildman–Crippen LogP) is 5.63. The Labute approximate surface area is 228 Å². The summed E-state index contributed by atoms with van der Waals surface area (Å²) in [5.74, 6) is -0.0913. The summed E-state index contributed by atoms with van der Waals surface area (Å²) < 4.78 is 77.5. The molecular formula is C28H35F3N2O5S. The molecule has 1 atom stereocenters. The van der Waals surface area contributed by atoms with Gasteiger partial charge in [-0.25, -0.2) is 0 Å². The van der Waals surface area contributed by atoms with Crippen molar-refractivity contribution >= 4 is 21.7 Å². The van der Waals surface area contributed by atoms with Crippen molar-refractivity contribution in [2.75, 3.05) is 31.1 Å². The van der Waals surface area contributed by atoms with Gasteiger partial charge in [-0.05, 0) is 63.8 Å². The lowest BCUT2D eigenvalue weighted by Gasteiger charge is -2.33. The maximum absolute atomic E-state index is 13.3. The molecule has 1 amide bonds. The number of anilines is 1. The van der Waals surface area contributed by atoms with Gasteiger partial charge in [0.25, 0.3) is 0 Å². The van der Waals surface area contributed by atoms with E-state index in [4.69, 9.17) is 8.92 Å². The summed E-state index contributed by atoms with van der Waals surface area (Å²) in [4.78, 5) is 16.4. The molecule has 2 aromatic rings. The number of halogens is 3. The second kappa shape index (κ2) is 12.2. The molecule has 0 bridgehead atoms. The summed E-state index contributed by atoms with van der Waals surface area (Å²) in [6.45, 7) is 6.34. The van der Waals surface area contributed by atoms with Crippen molar-refractivity contribution in [1.29, 1.82) is 0 Å². The van der Waals surface area contributed by atoms with Gasteiger partial charge in [-0.3, -0.25) is 4.79 Å². The van der Waals surface area contributed by atoms with Crippen LogP contribution in [0.25, 0.3) is 0 Å². The lowest BCUT2D eigenvalue weighted by molar-refractivity contribution is -0.140. The van der Waals surface area contributed by atoms with Crippen molar-refractivity contribution in [2.24, 2.45) is 5.92 Å². The molecule has 1 unspecified atom stereocenters. The zero-order valence-electron chi connectivity index (χ0n) is 22.2. The van der Waals surface area contributed by atoms with Crippen LogP contribution in [0.1, 0.15) is 57.1 Å². The Morgan fingerprint density at radius 2 is 1.79 bits per heavy atom. The topological polar surface area (TPSA) is 76.2 Å². The van der Waals surface area contributed by atoms with Gasteiger partial charge in [0.1, 0.15) is 10.6 Å². The molecule has 11 heteroatoms. The summed E-state index contributed by atoms with van der Waals surface area (Å²) >= 11 is 0. The predicted molar refractivity (Wildman–Crippen MR) is 141 cm³/mol. The maximum Gasteiger partial charge on any atom is 0.416 e. The van der Waals surface area contributed by atoms with Crippen LogP contribution < -0.4 is 9.08 Å². The Morgan fingerprint density at radius 1 is 1.05 bits per heavy atom. The third-order valence-electron chi connectivity index (χ3n) is 7.40. The first-order chi connectivity index (χ1) is 18.5. The molecule has 1 heterocycles. The highest BCUT2D eigenvalue weighted by molar-refractivity contribution is 7.87. The Morgan fingerprint density at radius 3 is 2.38 bits per heavy atom. The van der Waals surface area contributed by atoms with Crippen LogP contribution in [0.4, 0.5) is 18.9 Å². The lowest BCUT2D eigenvalue weighted by atomic mass is 9.84. The Bertz CT molecular complexity index is 1250. The first kappa shape index (κ1) is 29.2. The normalized spacial score (nSPS) is 18.0. The number of hydrogen-bond acceptors (Lipinski definition) is 6. The van der Waals surface area contributed by atoms with E-state index in [-0.39, 0.29) is 30.2 Å². The minimum Gasteiger partial charge on any atom is -0.379 e. The molecule has 0 aromatic heterocycles. The number of rotatable bonds is 11. The zero-order chi connectivity index (χ0) is 28.2. The molecule has 1 saturated carbocycles. The highest BCUT2D eigenvalue weighted by atomic mass is 32.2. The molecule has 0 N–H and O–H groups in total. The van der Waals surface area contributed by atoms with Gasteiger partial charge in [0.2, 0.25) is 5.91 Å². The van der Waals surface area contributed by atoms with Crippen LogP contribution in [0, 0.1) is 5.92 Å². The van der Waals surface area contributed by atoms with Crippen LogP contribution in [0.3, 0.4) is 0 Å². The van der Waals surface area contributed by atoms with Crippen LogP contribution in [-0.2, 0) is 32.4 Å². The zero-order valence-corrected chi connectivity index (χ0v) is 23.1. The quantitative estimate of drug-likeness (QED) is 0.327. The third-order valence-corrected chi connectivity index (χ3v) is 8.63. The van der Waals surface area contributed by atoms with E-state index in [2.05, 4.69) is 0 Å². The highest BCUT2D eigenvalue weighted by Gasteiger charge is 2.34. The van der Waals surface area contributed by atoms with Gasteiger partial charge in [0, 0.05) is 56.0 Å². The van der Waals surface area contributed by atoms with Gasteiger partial charge in [-0.1, -0.05) is 18.6 Å². The number of hydrogen-bond donors (Lipinski definition) is 0. The second-order valence-corrected chi connectivity index (χ2v) is 11.6. The lowest BCUT2D eigenvalue weighted by Crippen LogP contribution is -2.42. The summed E-state index contributed by atoms with van der Waals surface area (Å²) in [6.07, 6.45) is -0.427. The van der Waals surface area contributed by atoms with E-state index < -0.39 is 26.8 Å². The molecule has 0 radical (unpaired) electrons. The van der Waals surface area contributed by atoms with Crippen molar-refractivity contribution in [3.05, 3.63) is 53.6 Å². The Kier molecular flexibility index (Phi) is 9.10. The van der Waals surface area contributed by atoms with Crippen molar-refractivity contribution in [3.8, 4) is 5.75 Å². The first-order valence-corrected chi connectivity index (χ1v) is 14.8. The summed E-state index contributed by atoms with van der Waals surface area (Å²) in [6, 6.07) is 8.61. The molecule has 1 saturated heterocycles. The average Bonchev–Trinajstić information content (AvgIpc) is 3.37. The summed E-state index contributed by atoms with van der Waals surface area (Å²) in [5, 5.41) is 0. The SMILES string of the molecule is CCN(CC)c1ccc(CN(CC2CCCO2)C(=O)C2CCC2)c(OS(=O)(=O)c2cccc(C(F)(F)F)c2)c1. The number of alkyl halides is 3. The standard InChI is InChI=1S/C28H35F3N2O5S/c1-3-32(4-2)23-14-13-21(18-33(19-24-11-7-15-37-24)27(34)20-8-5-9-20)26(17-23)38-39(35,36)25-12-6-10-22(16-25)28(29,30)31/h6,10,12-14,16-17,20,24H,3-5,7-9,11,15,18-19H2,1-2H3. The average molecular weight is 569 g/mol. The molecule has 214 valence electrons. The van der Waals surface area contributed by atoms with Crippen molar-refractivity contribution in [2.45, 2.75) is 69.7 Å². The number of amides is 1. The fourth-order valence-electron chi connectivity index (χ4n) is 4.92. The molecular weight excluding hydrogens is 533 g/mol. The van der Waals surface area contributed by atoms with Crippen LogP contribution in [0.2, 0.25) is 0 Å². The number of nitrogens with zero attached hydrogens (tertiary/aromatic N) is 2. The van der Waals surface area contributed by atoms with Gasteiger partial charge in [0.15, 0.2) is 0 Å². The van der Waals surface area contributed by atoms with Gasteiger partial charge < -0.3 is 18.7 Å². The fourth-order valence-corrected chi connectivity index (χ4v) is 5.92. The van der Waals surface area contributed by atoms with Crippen molar-refractivity contribution < 1.29 is 35.3 Å². The molecule has 39 heavy (non-hydrogen) atoms. The van der Waals surface area contributed by atoms with Gasteiger partial charge >= 0.3 is 16.3 Å². The molecule has 4 rings (SSSR count). The first-order valence-electron chi connectivity index (χ1n) is 13.4. The molecule has 7 nitrogen and oxygen atoms in total. The van der Waals surface area contributed by atoms with E-state index in [1.54, 1.807) is 17.0 Å². The smallest absolute Gasteiger partial charge is 0.379 e. The minimum atomic E-state index is -4.70. The van der Waals surface area contributed by atoms with Crippen LogP contribution >= 0.6 is 0 Å². The monoisotopic (exact) mass is 568 g/mol. The molecule has 1 aliphatic heterocycles. The number of carbonyl (C=O) groups is 1. The van der Waals surface area contributed by atoms with Gasteiger partial charge in [-0.2, -0.15) is 21.6 Å². The van der Waals surface area contributed by atoms with E-state index in [1.165, 1.54) is 0 Å². The van der Waals surface area contributed by atoms with E-state index in [1.807, 2.05) is 24.8 Å². The minimum absolute atomic E-state index is 0.00347. The van der Waals surface area contributed by atoms with Gasteiger partial charge in [0.05, 0.1) is 11.7 Å². The summed E-state index contributed by atoms with van der Waals surface area (Å²) in [5.41, 5.74) is 0.0687. The molecule has 2 aromatic carbocycles. The fraction of sp³-hybridized carbons (Fsp3) is 0.536. The van der Waals surface area contributed by atoms with Crippen LogP contribution in [-0.4, -0.2) is 51.6 Å². The molecule has 1 aliphatic carbocycles. The Balaban J connectivity index is 1.69. The third kappa shape index (κ3) is 7.05. The Hall–Kier alpha value is -2.79. The highest BCUT2D eigenvalue weighted by Crippen LogP contribution is 2.35. The molecule has 2 fully saturated rings.